The van der Waals surface area contributed by atoms with Gasteiger partial charge in [0.15, 0.2) is 0 Å². The Morgan fingerprint density at radius 2 is 2.06 bits per heavy atom. The lowest BCUT2D eigenvalue weighted by Gasteiger charge is -2.12. The van der Waals surface area contributed by atoms with E-state index in [2.05, 4.69) is 5.32 Å². The Bertz CT molecular complexity index is 1120. The Balaban J connectivity index is 1.74. The second-order valence-corrected chi connectivity index (χ2v) is 8.87. The number of thioether (sulfide) groups is 2. The summed E-state index contributed by atoms with van der Waals surface area (Å²) >= 11 is 1.82. The normalized spacial score (nSPS) is 14.8. The SMILES string of the molecule is Cc1cccc(NC(=O)CN2C(=O)S/C(=C\c3ccc(SCCO)c([N+](=O)[O-])c3)C2=O)c1. The first kappa shape index (κ1) is 23.5. The topological polar surface area (TPSA) is 130 Å². The molecule has 9 nitrogen and oxygen atoms in total. The van der Waals surface area contributed by atoms with Crippen LogP contribution < -0.4 is 5.32 Å². The van der Waals surface area contributed by atoms with E-state index >= 15 is 0 Å². The van der Waals surface area contributed by atoms with Crippen molar-refractivity contribution < 1.29 is 24.4 Å². The third kappa shape index (κ3) is 5.75. The van der Waals surface area contributed by atoms with Crippen LogP contribution in [0.15, 0.2) is 52.3 Å². The molecule has 0 aliphatic carbocycles. The van der Waals surface area contributed by atoms with Crippen LogP contribution in [0.5, 0.6) is 0 Å². The van der Waals surface area contributed by atoms with Gasteiger partial charge in [0.1, 0.15) is 6.54 Å². The van der Waals surface area contributed by atoms with Crippen molar-refractivity contribution in [1.82, 2.24) is 4.90 Å². The maximum atomic E-state index is 12.7. The molecule has 2 aromatic carbocycles. The summed E-state index contributed by atoms with van der Waals surface area (Å²) in [6.07, 6.45) is 1.39. The third-order valence-electron chi connectivity index (χ3n) is 4.30. The molecule has 1 aliphatic heterocycles. The zero-order valence-corrected chi connectivity index (χ0v) is 18.6. The summed E-state index contributed by atoms with van der Waals surface area (Å²) in [6, 6.07) is 11.5. The van der Waals surface area contributed by atoms with E-state index in [-0.39, 0.29) is 17.2 Å². The van der Waals surface area contributed by atoms with Crippen molar-refractivity contribution >= 4 is 58.0 Å². The van der Waals surface area contributed by atoms with E-state index in [1.807, 2.05) is 13.0 Å². The molecule has 0 atom stereocenters. The van der Waals surface area contributed by atoms with Crippen molar-refractivity contribution in [2.45, 2.75) is 11.8 Å². The molecule has 1 aliphatic rings. The number of carbonyl (C=O) groups excluding carboxylic acids is 3. The molecule has 2 aromatic rings. The smallest absolute Gasteiger partial charge is 0.294 e. The summed E-state index contributed by atoms with van der Waals surface area (Å²) in [5.41, 5.74) is 1.73. The Morgan fingerprint density at radius 1 is 1.28 bits per heavy atom. The molecule has 2 N–H and O–H groups in total. The molecule has 3 amide bonds. The second-order valence-electron chi connectivity index (χ2n) is 6.74. The molecule has 32 heavy (non-hydrogen) atoms. The number of aryl methyl sites for hydroxylation is 1. The second kappa shape index (κ2) is 10.4. The maximum Gasteiger partial charge on any atom is 0.294 e. The quantitative estimate of drug-likeness (QED) is 0.257. The number of amides is 3. The van der Waals surface area contributed by atoms with Gasteiger partial charge in [-0.3, -0.25) is 29.4 Å². The predicted octanol–water partition coefficient (Wildman–Crippen LogP) is 3.66. The van der Waals surface area contributed by atoms with E-state index in [0.717, 1.165) is 22.2 Å². The zero-order valence-electron chi connectivity index (χ0n) is 16.9. The monoisotopic (exact) mass is 473 g/mol. The summed E-state index contributed by atoms with van der Waals surface area (Å²) < 4.78 is 0. The number of benzene rings is 2. The fourth-order valence-corrected chi connectivity index (χ4v) is 4.49. The van der Waals surface area contributed by atoms with Crippen molar-refractivity contribution in [2.24, 2.45) is 0 Å². The number of hydrogen-bond donors (Lipinski definition) is 2. The van der Waals surface area contributed by atoms with Crippen LogP contribution in [-0.4, -0.2) is 50.9 Å². The first-order chi connectivity index (χ1) is 15.3. The molecule has 1 saturated heterocycles. The molecule has 166 valence electrons. The molecular weight excluding hydrogens is 454 g/mol. The lowest BCUT2D eigenvalue weighted by Crippen LogP contribution is -2.36. The van der Waals surface area contributed by atoms with Gasteiger partial charge in [-0.2, -0.15) is 0 Å². The van der Waals surface area contributed by atoms with Crippen molar-refractivity contribution in [2.75, 3.05) is 24.2 Å². The van der Waals surface area contributed by atoms with Crippen molar-refractivity contribution in [1.29, 1.82) is 0 Å². The van der Waals surface area contributed by atoms with E-state index in [4.69, 9.17) is 5.11 Å². The lowest BCUT2D eigenvalue weighted by atomic mass is 10.2. The number of rotatable bonds is 8. The number of nitrogens with zero attached hydrogens (tertiary/aromatic N) is 2. The number of hydrogen-bond acceptors (Lipinski definition) is 8. The number of nitrogens with one attached hydrogen (secondary N) is 1. The summed E-state index contributed by atoms with van der Waals surface area (Å²) in [5.74, 6) is -0.843. The summed E-state index contributed by atoms with van der Waals surface area (Å²) in [6.45, 7) is 1.32. The maximum absolute atomic E-state index is 12.7. The van der Waals surface area contributed by atoms with Gasteiger partial charge >= 0.3 is 0 Å². The highest BCUT2D eigenvalue weighted by atomic mass is 32.2. The van der Waals surface area contributed by atoms with Crippen LogP contribution in [-0.2, 0) is 9.59 Å². The van der Waals surface area contributed by atoms with Gasteiger partial charge in [0, 0.05) is 17.5 Å². The lowest BCUT2D eigenvalue weighted by molar-refractivity contribution is -0.387. The number of aliphatic hydroxyl groups excluding tert-OH is 1. The molecule has 0 aromatic heterocycles. The van der Waals surface area contributed by atoms with E-state index in [1.54, 1.807) is 24.3 Å². The molecule has 0 spiro atoms. The molecule has 0 unspecified atom stereocenters. The van der Waals surface area contributed by atoms with Gasteiger partial charge in [0.2, 0.25) is 5.91 Å². The van der Waals surface area contributed by atoms with E-state index < -0.39 is 28.5 Å². The third-order valence-corrected chi connectivity index (χ3v) is 6.25. The fraction of sp³-hybridized carbons (Fsp3) is 0.190. The van der Waals surface area contributed by atoms with Crippen LogP contribution in [0.1, 0.15) is 11.1 Å². The van der Waals surface area contributed by atoms with E-state index in [1.165, 1.54) is 18.2 Å². The Morgan fingerprint density at radius 3 is 2.75 bits per heavy atom. The summed E-state index contributed by atoms with van der Waals surface area (Å²) in [7, 11) is 0. The molecule has 1 heterocycles. The predicted molar refractivity (Wildman–Crippen MR) is 123 cm³/mol. The zero-order chi connectivity index (χ0) is 23.3. The minimum absolute atomic E-state index is 0.0726. The van der Waals surface area contributed by atoms with Crippen LogP contribution in [0.25, 0.3) is 6.08 Å². The number of nitro groups is 1. The highest BCUT2D eigenvalue weighted by Crippen LogP contribution is 2.34. The van der Waals surface area contributed by atoms with Gasteiger partial charge in [-0.05, 0) is 54.1 Å². The molecule has 1 fully saturated rings. The van der Waals surface area contributed by atoms with Crippen molar-refractivity contribution in [3.8, 4) is 0 Å². The van der Waals surface area contributed by atoms with E-state index in [0.29, 0.717) is 33.7 Å². The minimum atomic E-state index is -0.638. The first-order valence-corrected chi connectivity index (χ1v) is 11.2. The number of carbonyl (C=O) groups is 3. The van der Waals surface area contributed by atoms with Crippen molar-refractivity contribution in [3.63, 3.8) is 0 Å². The number of imide groups is 1. The molecule has 0 radical (unpaired) electrons. The van der Waals surface area contributed by atoms with Crippen LogP contribution in [0, 0.1) is 17.0 Å². The van der Waals surface area contributed by atoms with Crippen LogP contribution >= 0.6 is 23.5 Å². The number of nitro benzene ring substituents is 1. The molecule has 0 saturated carbocycles. The molecule has 11 heteroatoms. The largest absolute Gasteiger partial charge is 0.396 e. The standard InChI is InChI=1S/C21H19N3O6S2/c1-13-3-2-4-15(9-13)22-19(26)12-23-20(27)18(32-21(23)28)11-14-5-6-17(31-8-7-25)16(10-14)24(29)30/h2-6,9-11,25H,7-8,12H2,1H3,(H,22,26)/b18-11-. The molecular formula is C21H19N3O6S2. The highest BCUT2D eigenvalue weighted by molar-refractivity contribution is 8.18. The van der Waals surface area contributed by atoms with Gasteiger partial charge in [-0.1, -0.05) is 18.2 Å². The Hall–Kier alpha value is -3.15. The van der Waals surface area contributed by atoms with Gasteiger partial charge < -0.3 is 10.4 Å². The minimum Gasteiger partial charge on any atom is -0.396 e. The molecule has 3 rings (SSSR count). The van der Waals surface area contributed by atoms with Gasteiger partial charge in [0.05, 0.1) is 21.3 Å². The highest BCUT2D eigenvalue weighted by Gasteiger charge is 2.36. The first-order valence-electron chi connectivity index (χ1n) is 9.42. The van der Waals surface area contributed by atoms with Crippen LogP contribution in [0.4, 0.5) is 16.2 Å². The average molecular weight is 474 g/mol. The van der Waals surface area contributed by atoms with Gasteiger partial charge in [-0.15, -0.1) is 11.8 Å². The van der Waals surface area contributed by atoms with Gasteiger partial charge in [0.25, 0.3) is 16.8 Å². The Labute approximate surface area is 192 Å². The van der Waals surface area contributed by atoms with E-state index in [9.17, 15) is 24.5 Å². The van der Waals surface area contributed by atoms with Gasteiger partial charge in [-0.25, -0.2) is 0 Å². The van der Waals surface area contributed by atoms with Crippen LogP contribution in [0.3, 0.4) is 0 Å². The molecule has 0 bridgehead atoms. The summed E-state index contributed by atoms with van der Waals surface area (Å²) in [5, 5.41) is 22.4. The summed E-state index contributed by atoms with van der Waals surface area (Å²) in [4.78, 5) is 49.4. The fourth-order valence-electron chi connectivity index (χ4n) is 2.90. The van der Waals surface area contributed by atoms with Crippen LogP contribution in [0.2, 0.25) is 0 Å². The number of anilines is 1. The Kier molecular flexibility index (Phi) is 7.67. The number of aliphatic hydroxyl groups is 1. The van der Waals surface area contributed by atoms with Crippen molar-refractivity contribution in [3.05, 3.63) is 68.6 Å². The average Bonchev–Trinajstić information content (AvgIpc) is 3.00.